The second-order valence-electron chi connectivity index (χ2n) is 5.85. The van der Waals surface area contributed by atoms with E-state index in [-0.39, 0.29) is 0 Å². The molecule has 0 aliphatic heterocycles. The van der Waals surface area contributed by atoms with Gasteiger partial charge in [-0.2, -0.15) is 0 Å². The van der Waals surface area contributed by atoms with Crippen LogP contribution >= 0.6 is 0 Å². The lowest BCUT2D eigenvalue weighted by Gasteiger charge is -2.36. The number of carbonyl (C=O) groups is 1. The Morgan fingerprint density at radius 2 is 1.32 bits per heavy atom. The highest BCUT2D eigenvalue weighted by molar-refractivity contribution is 5.82. The molecular formula is C23H20O2. The van der Waals surface area contributed by atoms with Gasteiger partial charge in [0.25, 0.3) is 0 Å². The average Bonchev–Trinajstić information content (AvgIpc) is 2.68. The number of benzene rings is 3. The molecule has 0 unspecified atom stereocenters. The minimum absolute atomic E-state index is 0.462. The van der Waals surface area contributed by atoms with Gasteiger partial charge < -0.3 is 4.74 Å². The second kappa shape index (κ2) is 7.18. The molecule has 0 spiro atoms. The van der Waals surface area contributed by atoms with Crippen molar-refractivity contribution in [1.82, 2.24) is 0 Å². The van der Waals surface area contributed by atoms with Gasteiger partial charge in [0.1, 0.15) is 0 Å². The van der Waals surface area contributed by atoms with Crippen LogP contribution in [0.15, 0.2) is 97.6 Å². The van der Waals surface area contributed by atoms with Crippen LogP contribution in [0, 0.1) is 6.92 Å². The summed E-state index contributed by atoms with van der Waals surface area (Å²) >= 11 is 0. The second-order valence-corrected chi connectivity index (χ2v) is 5.85. The van der Waals surface area contributed by atoms with E-state index in [1.165, 1.54) is 6.08 Å². The smallest absolute Gasteiger partial charge is 0.331 e. The first-order valence-electron chi connectivity index (χ1n) is 8.21. The molecule has 0 fully saturated rings. The SMILES string of the molecule is C=CC(=O)OC(c1ccccc1)(c1ccccc1)c1ccccc1C. The van der Waals surface area contributed by atoms with Gasteiger partial charge in [0, 0.05) is 22.8 Å². The summed E-state index contributed by atoms with van der Waals surface area (Å²) in [5.41, 5.74) is 2.74. The number of hydrogen-bond acceptors (Lipinski definition) is 2. The normalized spacial score (nSPS) is 10.9. The van der Waals surface area contributed by atoms with Crippen molar-refractivity contribution in [3.8, 4) is 0 Å². The molecule has 0 heterocycles. The predicted molar refractivity (Wildman–Crippen MR) is 100 cm³/mol. The van der Waals surface area contributed by atoms with Gasteiger partial charge in [-0.15, -0.1) is 0 Å². The Hall–Kier alpha value is -3.13. The molecule has 0 radical (unpaired) electrons. The van der Waals surface area contributed by atoms with E-state index in [0.29, 0.717) is 0 Å². The molecule has 0 bridgehead atoms. The lowest BCUT2D eigenvalue weighted by molar-refractivity contribution is -0.147. The zero-order valence-corrected chi connectivity index (χ0v) is 14.2. The van der Waals surface area contributed by atoms with Gasteiger partial charge >= 0.3 is 5.97 Å². The molecule has 2 heteroatoms. The van der Waals surface area contributed by atoms with E-state index in [1.54, 1.807) is 0 Å². The first-order valence-corrected chi connectivity index (χ1v) is 8.21. The Kier molecular flexibility index (Phi) is 4.80. The van der Waals surface area contributed by atoms with Gasteiger partial charge in [-0.1, -0.05) is 91.5 Å². The molecule has 3 aromatic rings. The van der Waals surface area contributed by atoms with E-state index < -0.39 is 11.6 Å². The Morgan fingerprint density at radius 1 is 0.840 bits per heavy atom. The van der Waals surface area contributed by atoms with Gasteiger partial charge in [0.15, 0.2) is 5.60 Å². The standard InChI is InChI=1S/C23H20O2/c1-3-22(24)25-23(19-13-6-4-7-14-19,20-15-8-5-9-16-20)21-17-11-10-12-18(21)2/h3-17H,1H2,2H3. The third kappa shape index (κ3) is 3.11. The highest BCUT2D eigenvalue weighted by Gasteiger charge is 2.40. The zero-order valence-electron chi connectivity index (χ0n) is 14.2. The maximum absolute atomic E-state index is 12.3. The number of ether oxygens (including phenoxy) is 1. The van der Waals surface area contributed by atoms with Crippen molar-refractivity contribution in [3.05, 3.63) is 120 Å². The van der Waals surface area contributed by atoms with E-state index in [9.17, 15) is 4.79 Å². The Labute approximate surface area is 148 Å². The fourth-order valence-electron chi connectivity index (χ4n) is 3.16. The average molecular weight is 328 g/mol. The zero-order chi connectivity index (χ0) is 17.7. The fraction of sp³-hybridized carbons (Fsp3) is 0.0870. The van der Waals surface area contributed by atoms with Crippen molar-refractivity contribution in [3.63, 3.8) is 0 Å². The van der Waals surface area contributed by atoms with Crippen molar-refractivity contribution in [2.45, 2.75) is 12.5 Å². The molecule has 0 aliphatic carbocycles. The molecule has 0 atom stereocenters. The van der Waals surface area contributed by atoms with E-state index >= 15 is 0 Å². The lowest BCUT2D eigenvalue weighted by atomic mass is 9.78. The number of hydrogen-bond donors (Lipinski definition) is 0. The van der Waals surface area contributed by atoms with Crippen LogP contribution in [0.2, 0.25) is 0 Å². The van der Waals surface area contributed by atoms with Crippen LogP contribution in [-0.4, -0.2) is 5.97 Å². The van der Waals surface area contributed by atoms with Crippen molar-refractivity contribution in [2.75, 3.05) is 0 Å². The van der Waals surface area contributed by atoms with Gasteiger partial charge in [0.05, 0.1) is 0 Å². The van der Waals surface area contributed by atoms with E-state index in [2.05, 4.69) is 6.58 Å². The van der Waals surface area contributed by atoms with Crippen LogP contribution < -0.4 is 0 Å². The van der Waals surface area contributed by atoms with Gasteiger partial charge in [0.2, 0.25) is 0 Å². The van der Waals surface area contributed by atoms with Crippen molar-refractivity contribution >= 4 is 5.97 Å². The molecule has 0 saturated carbocycles. The van der Waals surface area contributed by atoms with Crippen LogP contribution in [-0.2, 0) is 15.1 Å². The summed E-state index contributed by atoms with van der Waals surface area (Å²) in [6.45, 7) is 5.60. The molecule has 0 aromatic heterocycles. The third-order valence-corrected chi connectivity index (χ3v) is 4.31. The number of carbonyl (C=O) groups excluding carboxylic acids is 1. The van der Waals surface area contributed by atoms with E-state index in [0.717, 1.165) is 22.3 Å². The minimum Gasteiger partial charge on any atom is -0.441 e. The van der Waals surface area contributed by atoms with Gasteiger partial charge in [-0.05, 0) is 12.5 Å². The summed E-state index contributed by atoms with van der Waals surface area (Å²) in [4.78, 5) is 12.3. The molecule has 2 nitrogen and oxygen atoms in total. The monoisotopic (exact) mass is 328 g/mol. The largest absolute Gasteiger partial charge is 0.441 e. The summed E-state index contributed by atoms with van der Waals surface area (Å²) in [7, 11) is 0. The maximum atomic E-state index is 12.3. The summed E-state index contributed by atoms with van der Waals surface area (Å²) in [6, 6.07) is 27.6. The first-order chi connectivity index (χ1) is 12.2. The predicted octanol–water partition coefficient (Wildman–Crippen LogP) is 5.02. The third-order valence-electron chi connectivity index (χ3n) is 4.31. The summed E-state index contributed by atoms with van der Waals surface area (Å²) < 4.78 is 6.07. The van der Waals surface area contributed by atoms with Crippen molar-refractivity contribution in [2.24, 2.45) is 0 Å². The Morgan fingerprint density at radius 3 is 1.80 bits per heavy atom. The van der Waals surface area contributed by atoms with Gasteiger partial charge in [-0.25, -0.2) is 4.79 Å². The van der Waals surface area contributed by atoms with Crippen LogP contribution in [0.1, 0.15) is 22.3 Å². The Bertz CT molecular complexity index is 827. The topological polar surface area (TPSA) is 26.3 Å². The van der Waals surface area contributed by atoms with E-state index in [1.807, 2.05) is 91.9 Å². The fourth-order valence-corrected chi connectivity index (χ4v) is 3.16. The lowest BCUT2D eigenvalue weighted by Crippen LogP contribution is -2.35. The summed E-state index contributed by atoms with van der Waals surface area (Å²) in [6.07, 6.45) is 1.21. The molecule has 0 saturated heterocycles. The quantitative estimate of drug-likeness (QED) is 0.373. The number of aryl methyl sites for hydroxylation is 1. The molecule has 124 valence electrons. The van der Waals surface area contributed by atoms with Crippen LogP contribution in [0.3, 0.4) is 0 Å². The maximum Gasteiger partial charge on any atom is 0.331 e. The number of rotatable bonds is 5. The Balaban J connectivity index is 2.37. The molecule has 0 amide bonds. The molecule has 3 rings (SSSR count). The minimum atomic E-state index is -1.03. The molecule has 25 heavy (non-hydrogen) atoms. The summed E-state index contributed by atoms with van der Waals surface area (Å²) in [5, 5.41) is 0. The highest BCUT2D eigenvalue weighted by Crippen LogP contribution is 2.41. The van der Waals surface area contributed by atoms with Crippen LogP contribution in [0.25, 0.3) is 0 Å². The van der Waals surface area contributed by atoms with Crippen molar-refractivity contribution < 1.29 is 9.53 Å². The van der Waals surface area contributed by atoms with Gasteiger partial charge in [-0.3, -0.25) is 0 Å². The molecule has 3 aromatic carbocycles. The molecule has 0 N–H and O–H groups in total. The van der Waals surface area contributed by atoms with E-state index in [4.69, 9.17) is 4.74 Å². The molecule has 0 aliphatic rings. The number of esters is 1. The highest BCUT2D eigenvalue weighted by atomic mass is 16.6. The van der Waals surface area contributed by atoms with Crippen LogP contribution in [0.4, 0.5) is 0 Å². The first kappa shape index (κ1) is 16.7. The molecular weight excluding hydrogens is 308 g/mol. The van der Waals surface area contributed by atoms with Crippen LogP contribution in [0.5, 0.6) is 0 Å². The van der Waals surface area contributed by atoms with Crippen molar-refractivity contribution in [1.29, 1.82) is 0 Å². The summed E-state index contributed by atoms with van der Waals surface area (Å²) in [5.74, 6) is -0.462.